The Kier molecular flexibility index (Phi) is 6.73. The van der Waals surface area contributed by atoms with Crippen molar-refractivity contribution in [2.24, 2.45) is 0 Å². The number of hydrogen-bond acceptors (Lipinski definition) is 8. The fourth-order valence-electron chi connectivity index (χ4n) is 3.58. The second-order valence-corrected chi connectivity index (χ2v) is 9.97. The Bertz CT molecular complexity index is 1140. The standard InChI is InChI=1S/C22H29N7O2S/c1-17-14-22(27-26-17)25-21-16-19(32(30,31)18-6-4-3-5-7-18)15-20(24-21)23-8-9-29-12-10-28(2)11-13-29/h3-7,14-16H,8-13H2,1-2H3,(H3,23,24,25,26,27). The van der Waals surface area contributed by atoms with Crippen molar-refractivity contribution < 1.29 is 8.42 Å². The molecule has 1 aliphatic heterocycles. The molecule has 1 fully saturated rings. The number of benzene rings is 1. The van der Waals surface area contributed by atoms with Crippen LogP contribution < -0.4 is 10.6 Å². The topological polar surface area (TPSA) is 106 Å². The van der Waals surface area contributed by atoms with Gasteiger partial charge in [-0.05, 0) is 32.2 Å². The first kappa shape index (κ1) is 22.3. The fourth-order valence-corrected chi connectivity index (χ4v) is 4.90. The summed E-state index contributed by atoms with van der Waals surface area (Å²) in [6, 6.07) is 13.4. The molecule has 2 aromatic heterocycles. The summed E-state index contributed by atoms with van der Waals surface area (Å²) in [6.45, 7) is 7.60. The van der Waals surface area contributed by atoms with E-state index < -0.39 is 9.84 Å². The Morgan fingerprint density at radius 1 is 0.969 bits per heavy atom. The maximum absolute atomic E-state index is 13.2. The predicted octanol–water partition coefficient (Wildman–Crippen LogP) is 2.35. The molecule has 0 unspecified atom stereocenters. The van der Waals surface area contributed by atoms with Crippen molar-refractivity contribution >= 4 is 27.3 Å². The van der Waals surface area contributed by atoms with Gasteiger partial charge in [0.2, 0.25) is 9.84 Å². The van der Waals surface area contributed by atoms with E-state index in [1.807, 2.05) is 13.0 Å². The largest absolute Gasteiger partial charge is 0.369 e. The minimum absolute atomic E-state index is 0.176. The summed E-state index contributed by atoms with van der Waals surface area (Å²) in [5.41, 5.74) is 0.895. The Hall–Kier alpha value is -2.95. The van der Waals surface area contributed by atoms with E-state index in [0.717, 1.165) is 38.4 Å². The van der Waals surface area contributed by atoms with Crippen LogP contribution in [0.4, 0.5) is 17.5 Å². The van der Waals surface area contributed by atoms with Gasteiger partial charge in [-0.2, -0.15) is 5.10 Å². The number of anilines is 3. The SMILES string of the molecule is Cc1cc(Nc2cc(S(=O)(=O)c3ccccc3)cc(NCCN3CCN(C)CC3)n2)n[nH]1. The molecule has 10 heteroatoms. The van der Waals surface area contributed by atoms with Gasteiger partial charge in [-0.1, -0.05) is 18.2 Å². The predicted molar refractivity (Wildman–Crippen MR) is 125 cm³/mol. The van der Waals surface area contributed by atoms with Gasteiger partial charge in [-0.3, -0.25) is 10.00 Å². The van der Waals surface area contributed by atoms with Gasteiger partial charge >= 0.3 is 0 Å². The third kappa shape index (κ3) is 5.45. The van der Waals surface area contributed by atoms with Gasteiger partial charge in [-0.25, -0.2) is 13.4 Å². The molecule has 3 N–H and O–H groups in total. The number of hydrogen-bond donors (Lipinski definition) is 3. The summed E-state index contributed by atoms with van der Waals surface area (Å²) in [4.78, 5) is 9.71. The number of aromatic amines is 1. The highest BCUT2D eigenvalue weighted by molar-refractivity contribution is 7.91. The van der Waals surface area contributed by atoms with Gasteiger partial charge in [0.05, 0.1) is 9.79 Å². The van der Waals surface area contributed by atoms with Crippen LogP contribution in [-0.2, 0) is 9.84 Å². The van der Waals surface area contributed by atoms with Gasteiger partial charge in [0, 0.05) is 57.1 Å². The Morgan fingerprint density at radius 2 is 1.69 bits per heavy atom. The Morgan fingerprint density at radius 3 is 2.38 bits per heavy atom. The maximum Gasteiger partial charge on any atom is 0.206 e. The van der Waals surface area contributed by atoms with Gasteiger partial charge in [0.1, 0.15) is 11.6 Å². The van der Waals surface area contributed by atoms with Crippen LogP contribution in [0.25, 0.3) is 0 Å². The number of H-pyrrole nitrogens is 1. The summed E-state index contributed by atoms with van der Waals surface area (Å²) in [5, 5.41) is 13.4. The highest BCUT2D eigenvalue weighted by Crippen LogP contribution is 2.26. The van der Waals surface area contributed by atoms with E-state index in [-0.39, 0.29) is 9.79 Å². The molecule has 170 valence electrons. The number of sulfone groups is 1. The molecule has 0 atom stereocenters. The molecule has 3 heterocycles. The normalized spacial score (nSPS) is 15.6. The zero-order chi connectivity index (χ0) is 22.6. The second-order valence-electron chi connectivity index (χ2n) is 8.02. The molecule has 3 aromatic rings. The lowest BCUT2D eigenvalue weighted by Gasteiger charge is -2.32. The lowest BCUT2D eigenvalue weighted by atomic mass is 10.3. The van der Waals surface area contributed by atoms with Crippen molar-refractivity contribution in [1.82, 2.24) is 25.0 Å². The number of aromatic nitrogens is 3. The number of aryl methyl sites for hydroxylation is 1. The lowest BCUT2D eigenvalue weighted by Crippen LogP contribution is -2.45. The van der Waals surface area contributed by atoms with Crippen molar-refractivity contribution in [3.05, 3.63) is 54.2 Å². The average Bonchev–Trinajstić information content (AvgIpc) is 3.20. The van der Waals surface area contributed by atoms with E-state index in [2.05, 4.69) is 42.7 Å². The highest BCUT2D eigenvalue weighted by Gasteiger charge is 2.20. The van der Waals surface area contributed by atoms with E-state index in [1.54, 1.807) is 36.4 Å². The second kappa shape index (κ2) is 9.68. The molecular formula is C22H29N7O2S. The molecule has 0 saturated carbocycles. The van der Waals surface area contributed by atoms with Gasteiger partial charge in [0.15, 0.2) is 5.82 Å². The monoisotopic (exact) mass is 455 g/mol. The first-order valence-corrected chi connectivity index (χ1v) is 12.1. The summed E-state index contributed by atoms with van der Waals surface area (Å²) in [7, 11) is -1.55. The van der Waals surface area contributed by atoms with Crippen molar-refractivity contribution in [1.29, 1.82) is 0 Å². The lowest BCUT2D eigenvalue weighted by molar-refractivity contribution is 0.158. The third-order valence-electron chi connectivity index (χ3n) is 5.45. The summed E-state index contributed by atoms with van der Waals surface area (Å²) in [6.07, 6.45) is 0. The molecule has 4 rings (SSSR count). The van der Waals surface area contributed by atoms with E-state index in [1.165, 1.54) is 6.07 Å². The summed E-state index contributed by atoms with van der Waals surface area (Å²) >= 11 is 0. The van der Waals surface area contributed by atoms with Gasteiger partial charge in [-0.15, -0.1) is 0 Å². The molecule has 1 aliphatic rings. The molecule has 0 amide bonds. The van der Waals surface area contributed by atoms with E-state index in [9.17, 15) is 8.42 Å². The van der Waals surface area contributed by atoms with Crippen molar-refractivity contribution in [3.63, 3.8) is 0 Å². The molecule has 0 bridgehead atoms. The molecule has 9 nitrogen and oxygen atoms in total. The molecule has 0 radical (unpaired) electrons. The van der Waals surface area contributed by atoms with Crippen LogP contribution in [0.5, 0.6) is 0 Å². The molecule has 1 aromatic carbocycles. The first-order valence-electron chi connectivity index (χ1n) is 10.7. The molecule has 1 saturated heterocycles. The van der Waals surface area contributed by atoms with Crippen LogP contribution >= 0.6 is 0 Å². The molecular weight excluding hydrogens is 426 g/mol. The highest BCUT2D eigenvalue weighted by atomic mass is 32.2. The zero-order valence-electron chi connectivity index (χ0n) is 18.4. The minimum Gasteiger partial charge on any atom is -0.369 e. The zero-order valence-corrected chi connectivity index (χ0v) is 19.2. The van der Waals surface area contributed by atoms with Crippen LogP contribution in [0.1, 0.15) is 5.69 Å². The van der Waals surface area contributed by atoms with Crippen LogP contribution in [0.3, 0.4) is 0 Å². The summed E-state index contributed by atoms with van der Waals surface area (Å²) in [5.74, 6) is 1.49. The van der Waals surface area contributed by atoms with Crippen LogP contribution in [0, 0.1) is 6.92 Å². The van der Waals surface area contributed by atoms with Crippen LogP contribution in [0.15, 0.2) is 58.3 Å². The number of nitrogens with zero attached hydrogens (tertiary/aromatic N) is 4. The maximum atomic E-state index is 13.2. The van der Waals surface area contributed by atoms with Crippen LogP contribution in [0.2, 0.25) is 0 Å². The number of nitrogens with one attached hydrogen (secondary N) is 3. The minimum atomic E-state index is -3.69. The van der Waals surface area contributed by atoms with Crippen molar-refractivity contribution in [3.8, 4) is 0 Å². The number of rotatable bonds is 8. The summed E-state index contributed by atoms with van der Waals surface area (Å²) < 4.78 is 26.5. The quantitative estimate of drug-likeness (QED) is 0.475. The number of pyridine rings is 1. The third-order valence-corrected chi connectivity index (χ3v) is 7.20. The smallest absolute Gasteiger partial charge is 0.206 e. The molecule has 32 heavy (non-hydrogen) atoms. The average molecular weight is 456 g/mol. The number of likely N-dealkylation sites (N-methyl/N-ethyl adjacent to an activating group) is 1. The van der Waals surface area contributed by atoms with Crippen molar-refractivity contribution in [2.45, 2.75) is 16.7 Å². The van der Waals surface area contributed by atoms with Crippen LogP contribution in [-0.4, -0.2) is 79.7 Å². The van der Waals surface area contributed by atoms with Gasteiger partial charge < -0.3 is 15.5 Å². The Labute approximate surface area is 188 Å². The van der Waals surface area contributed by atoms with E-state index in [4.69, 9.17) is 0 Å². The van der Waals surface area contributed by atoms with E-state index >= 15 is 0 Å². The number of piperazine rings is 1. The fraction of sp³-hybridized carbons (Fsp3) is 0.364. The van der Waals surface area contributed by atoms with Crippen molar-refractivity contribution in [2.75, 3.05) is 56.9 Å². The molecule has 0 spiro atoms. The van der Waals surface area contributed by atoms with E-state index in [0.29, 0.717) is 24.0 Å². The molecule has 0 aliphatic carbocycles. The first-order chi connectivity index (χ1) is 15.4. The van der Waals surface area contributed by atoms with Gasteiger partial charge in [0.25, 0.3) is 0 Å². The Balaban J connectivity index is 1.56.